The molecule has 0 aromatic heterocycles. The Hall–Kier alpha value is -1.73. The number of anilines is 2. The molecular formula is C14H19N3O. The highest BCUT2D eigenvalue weighted by Crippen LogP contribution is 2.33. The lowest BCUT2D eigenvalue weighted by molar-refractivity contribution is 0.283. The molecule has 0 heterocycles. The smallest absolute Gasteiger partial charge is 0.0992 e. The standard InChI is InChI=1S/C14H19N3O/c15-10-11-5-6-14(13(16)9-11)17(7-2-8-18)12-3-1-4-12/h5-6,9,12,18H,1-4,7-8,16H2. The summed E-state index contributed by atoms with van der Waals surface area (Å²) in [5.74, 6) is 0. The summed E-state index contributed by atoms with van der Waals surface area (Å²) in [5.41, 5.74) is 8.27. The first-order valence-corrected chi connectivity index (χ1v) is 6.43. The molecule has 4 nitrogen and oxygen atoms in total. The van der Waals surface area contributed by atoms with Gasteiger partial charge in [-0.1, -0.05) is 0 Å². The van der Waals surface area contributed by atoms with Gasteiger partial charge < -0.3 is 15.7 Å². The van der Waals surface area contributed by atoms with Gasteiger partial charge >= 0.3 is 0 Å². The second-order valence-electron chi connectivity index (χ2n) is 4.74. The third kappa shape index (κ3) is 2.57. The molecule has 1 aromatic carbocycles. The fourth-order valence-electron chi connectivity index (χ4n) is 2.32. The third-order valence-electron chi connectivity index (χ3n) is 3.54. The number of aliphatic hydroxyl groups excluding tert-OH is 1. The van der Waals surface area contributed by atoms with Gasteiger partial charge in [-0.15, -0.1) is 0 Å². The highest BCUT2D eigenvalue weighted by atomic mass is 16.3. The predicted molar refractivity (Wildman–Crippen MR) is 72.3 cm³/mol. The lowest BCUT2D eigenvalue weighted by atomic mass is 9.90. The van der Waals surface area contributed by atoms with E-state index in [9.17, 15) is 0 Å². The van der Waals surface area contributed by atoms with Crippen LogP contribution in [0.4, 0.5) is 11.4 Å². The Bertz CT molecular complexity index is 449. The molecule has 4 heteroatoms. The van der Waals surface area contributed by atoms with Crippen LogP contribution in [0.1, 0.15) is 31.2 Å². The van der Waals surface area contributed by atoms with Crippen molar-refractivity contribution in [3.8, 4) is 6.07 Å². The topological polar surface area (TPSA) is 73.3 Å². The first-order valence-electron chi connectivity index (χ1n) is 6.43. The van der Waals surface area contributed by atoms with Crippen LogP contribution in [0.3, 0.4) is 0 Å². The van der Waals surface area contributed by atoms with E-state index in [1.165, 1.54) is 19.3 Å². The third-order valence-corrected chi connectivity index (χ3v) is 3.54. The van der Waals surface area contributed by atoms with Crippen molar-refractivity contribution < 1.29 is 5.11 Å². The average molecular weight is 245 g/mol. The van der Waals surface area contributed by atoms with Crippen molar-refractivity contribution in [2.75, 3.05) is 23.8 Å². The van der Waals surface area contributed by atoms with Gasteiger partial charge in [-0.25, -0.2) is 0 Å². The maximum Gasteiger partial charge on any atom is 0.0992 e. The number of hydrogen-bond acceptors (Lipinski definition) is 4. The van der Waals surface area contributed by atoms with Crippen LogP contribution in [-0.2, 0) is 0 Å². The second kappa shape index (κ2) is 5.74. The Kier molecular flexibility index (Phi) is 4.06. The largest absolute Gasteiger partial charge is 0.397 e. The Labute approximate surface area is 108 Å². The minimum atomic E-state index is 0.194. The summed E-state index contributed by atoms with van der Waals surface area (Å²) < 4.78 is 0. The zero-order valence-corrected chi connectivity index (χ0v) is 10.5. The van der Waals surface area contributed by atoms with Gasteiger partial charge in [0.1, 0.15) is 0 Å². The lowest BCUT2D eigenvalue weighted by Crippen LogP contribution is -2.41. The van der Waals surface area contributed by atoms with Gasteiger partial charge in [-0.2, -0.15) is 5.26 Å². The molecule has 0 radical (unpaired) electrons. The summed E-state index contributed by atoms with van der Waals surface area (Å²) in [4.78, 5) is 2.27. The number of nitrogens with two attached hydrogens (primary N) is 1. The summed E-state index contributed by atoms with van der Waals surface area (Å²) in [7, 11) is 0. The fraction of sp³-hybridized carbons (Fsp3) is 0.500. The van der Waals surface area contributed by atoms with Crippen LogP contribution in [0.2, 0.25) is 0 Å². The van der Waals surface area contributed by atoms with Crippen molar-refractivity contribution in [1.82, 2.24) is 0 Å². The van der Waals surface area contributed by atoms with Crippen molar-refractivity contribution in [2.45, 2.75) is 31.7 Å². The minimum absolute atomic E-state index is 0.194. The zero-order chi connectivity index (χ0) is 13.0. The number of hydrogen-bond donors (Lipinski definition) is 2. The van der Waals surface area contributed by atoms with Crippen LogP contribution in [-0.4, -0.2) is 24.3 Å². The number of nitrogens with zero attached hydrogens (tertiary/aromatic N) is 2. The van der Waals surface area contributed by atoms with Crippen molar-refractivity contribution in [1.29, 1.82) is 5.26 Å². The van der Waals surface area contributed by atoms with E-state index < -0.39 is 0 Å². The molecule has 0 saturated heterocycles. The monoisotopic (exact) mass is 245 g/mol. The summed E-state index contributed by atoms with van der Waals surface area (Å²) in [6.07, 6.45) is 4.38. The molecule has 18 heavy (non-hydrogen) atoms. The van der Waals surface area contributed by atoms with E-state index in [0.29, 0.717) is 17.3 Å². The first kappa shape index (κ1) is 12.7. The van der Waals surface area contributed by atoms with Crippen LogP contribution in [0.15, 0.2) is 18.2 Å². The molecule has 0 aliphatic heterocycles. The van der Waals surface area contributed by atoms with E-state index in [0.717, 1.165) is 18.7 Å². The summed E-state index contributed by atoms with van der Waals surface area (Å²) in [6, 6.07) is 8.07. The number of nitrogen functional groups attached to an aromatic ring is 1. The number of benzene rings is 1. The van der Waals surface area contributed by atoms with Crippen LogP contribution >= 0.6 is 0 Å². The molecule has 0 amide bonds. The number of aliphatic hydroxyl groups is 1. The van der Waals surface area contributed by atoms with Gasteiger partial charge in [0.05, 0.1) is 23.0 Å². The van der Waals surface area contributed by atoms with Gasteiger partial charge in [0, 0.05) is 19.2 Å². The van der Waals surface area contributed by atoms with E-state index >= 15 is 0 Å². The predicted octanol–water partition coefficient (Wildman–Crippen LogP) is 1.88. The highest BCUT2D eigenvalue weighted by molar-refractivity contribution is 5.70. The van der Waals surface area contributed by atoms with E-state index in [4.69, 9.17) is 16.1 Å². The Morgan fingerprint density at radius 3 is 2.72 bits per heavy atom. The summed E-state index contributed by atoms with van der Waals surface area (Å²) >= 11 is 0. The molecule has 0 bridgehead atoms. The van der Waals surface area contributed by atoms with Gasteiger partial charge in [-0.3, -0.25) is 0 Å². The first-order chi connectivity index (χ1) is 8.76. The maximum atomic E-state index is 8.99. The van der Waals surface area contributed by atoms with E-state index in [2.05, 4.69) is 11.0 Å². The molecule has 96 valence electrons. The van der Waals surface area contributed by atoms with Crippen LogP contribution < -0.4 is 10.6 Å². The number of nitriles is 1. The lowest BCUT2D eigenvalue weighted by Gasteiger charge is -2.40. The van der Waals surface area contributed by atoms with E-state index in [-0.39, 0.29) is 6.61 Å². The molecule has 2 rings (SSSR count). The Morgan fingerprint density at radius 1 is 1.44 bits per heavy atom. The van der Waals surface area contributed by atoms with Gasteiger partial charge in [-0.05, 0) is 43.9 Å². The Balaban J connectivity index is 2.21. The van der Waals surface area contributed by atoms with Crippen LogP contribution in [0, 0.1) is 11.3 Å². The molecule has 0 atom stereocenters. The maximum absolute atomic E-state index is 8.99. The van der Waals surface area contributed by atoms with Crippen molar-refractivity contribution in [3.05, 3.63) is 23.8 Å². The Morgan fingerprint density at radius 2 is 2.22 bits per heavy atom. The average Bonchev–Trinajstić information content (AvgIpc) is 2.32. The minimum Gasteiger partial charge on any atom is -0.397 e. The molecule has 1 fully saturated rings. The molecule has 0 unspecified atom stereocenters. The van der Waals surface area contributed by atoms with E-state index in [1.807, 2.05) is 6.07 Å². The summed E-state index contributed by atoms with van der Waals surface area (Å²) in [6.45, 7) is 1.01. The van der Waals surface area contributed by atoms with Crippen LogP contribution in [0.5, 0.6) is 0 Å². The molecule has 1 saturated carbocycles. The molecule has 1 aliphatic carbocycles. The normalized spacial score (nSPS) is 14.9. The zero-order valence-electron chi connectivity index (χ0n) is 10.5. The molecule has 1 aliphatic rings. The van der Waals surface area contributed by atoms with Crippen molar-refractivity contribution in [3.63, 3.8) is 0 Å². The molecule has 1 aromatic rings. The van der Waals surface area contributed by atoms with Gasteiger partial charge in [0.25, 0.3) is 0 Å². The van der Waals surface area contributed by atoms with Crippen molar-refractivity contribution in [2.24, 2.45) is 0 Å². The quantitative estimate of drug-likeness (QED) is 0.777. The van der Waals surface area contributed by atoms with Crippen LogP contribution in [0.25, 0.3) is 0 Å². The van der Waals surface area contributed by atoms with E-state index in [1.54, 1.807) is 12.1 Å². The van der Waals surface area contributed by atoms with Crippen molar-refractivity contribution >= 4 is 11.4 Å². The SMILES string of the molecule is N#Cc1ccc(N(CCCO)C2CCC2)c(N)c1. The fourth-order valence-corrected chi connectivity index (χ4v) is 2.32. The molecular weight excluding hydrogens is 226 g/mol. The summed E-state index contributed by atoms with van der Waals surface area (Å²) in [5, 5.41) is 17.8. The van der Waals surface area contributed by atoms with Gasteiger partial charge in [0.2, 0.25) is 0 Å². The molecule has 3 N–H and O–H groups in total. The number of rotatable bonds is 5. The van der Waals surface area contributed by atoms with Gasteiger partial charge in [0.15, 0.2) is 0 Å². The highest BCUT2D eigenvalue weighted by Gasteiger charge is 2.25. The molecule has 0 spiro atoms. The second-order valence-corrected chi connectivity index (χ2v) is 4.74.